The normalized spacial score (nSPS) is 9.90. The van der Waals surface area contributed by atoms with Gasteiger partial charge in [-0.15, -0.1) is 0 Å². The van der Waals surface area contributed by atoms with E-state index < -0.39 is 0 Å². The lowest BCUT2D eigenvalue weighted by molar-refractivity contribution is 1.10. The molecule has 0 nitrogen and oxygen atoms in total. The predicted molar refractivity (Wildman–Crippen MR) is 90.6 cm³/mol. The first-order valence-corrected chi connectivity index (χ1v) is 7.59. The smallest absolute Gasteiger partial charge is 0.0305 e. The number of hydrogen-bond acceptors (Lipinski definition) is 0. The molecule has 0 saturated heterocycles. The van der Waals surface area contributed by atoms with Gasteiger partial charge in [-0.1, -0.05) is 66.9 Å². The van der Waals surface area contributed by atoms with Crippen LogP contribution in [0, 0.1) is 27.7 Å². The Morgan fingerprint density at radius 3 is 1.70 bits per heavy atom. The quantitative estimate of drug-likeness (QED) is 0.652. The topological polar surface area (TPSA) is 0 Å². The summed E-state index contributed by atoms with van der Waals surface area (Å²) in [6.07, 6.45) is 2.29. The Kier molecular flexibility index (Phi) is 6.51. The van der Waals surface area contributed by atoms with Gasteiger partial charge in [-0.25, -0.2) is 0 Å². The van der Waals surface area contributed by atoms with E-state index >= 15 is 0 Å². The van der Waals surface area contributed by atoms with E-state index in [4.69, 9.17) is 0 Å². The maximum Gasteiger partial charge on any atom is -0.0305 e. The van der Waals surface area contributed by atoms with E-state index in [1.54, 1.807) is 0 Å². The van der Waals surface area contributed by atoms with Crippen molar-refractivity contribution in [2.24, 2.45) is 0 Å². The molecule has 0 amide bonds. The van der Waals surface area contributed by atoms with Crippen LogP contribution in [0.5, 0.6) is 0 Å². The van der Waals surface area contributed by atoms with Crippen LogP contribution in [0.15, 0.2) is 36.4 Å². The van der Waals surface area contributed by atoms with Gasteiger partial charge >= 0.3 is 0 Å². The SMILES string of the molecule is CCc1cc(C)cc(C)c1.CCc1cc(C)ccc1C. The van der Waals surface area contributed by atoms with Crippen LogP contribution in [0.25, 0.3) is 0 Å². The molecule has 0 heterocycles. The van der Waals surface area contributed by atoms with E-state index in [0.717, 1.165) is 12.8 Å². The summed E-state index contributed by atoms with van der Waals surface area (Å²) in [5.74, 6) is 0. The predicted octanol–water partition coefficient (Wildman–Crippen LogP) is 5.73. The Morgan fingerprint density at radius 2 is 1.25 bits per heavy atom. The second-order valence-electron chi connectivity index (χ2n) is 5.63. The summed E-state index contributed by atoms with van der Waals surface area (Å²) in [5, 5.41) is 0. The minimum Gasteiger partial charge on any atom is -0.0613 e. The van der Waals surface area contributed by atoms with Gasteiger partial charge in [-0.05, 0) is 57.2 Å². The highest BCUT2D eigenvalue weighted by Crippen LogP contribution is 2.10. The Labute approximate surface area is 124 Å². The van der Waals surface area contributed by atoms with E-state index in [1.165, 1.54) is 33.4 Å². The summed E-state index contributed by atoms with van der Waals surface area (Å²) in [4.78, 5) is 0. The van der Waals surface area contributed by atoms with Crippen molar-refractivity contribution in [3.63, 3.8) is 0 Å². The molecule has 0 bridgehead atoms. The highest BCUT2D eigenvalue weighted by atomic mass is 14.0. The van der Waals surface area contributed by atoms with Crippen LogP contribution >= 0.6 is 0 Å². The van der Waals surface area contributed by atoms with Crippen molar-refractivity contribution >= 4 is 0 Å². The lowest BCUT2D eigenvalue weighted by Gasteiger charge is -2.02. The molecule has 0 aromatic heterocycles. The van der Waals surface area contributed by atoms with Gasteiger partial charge in [-0.3, -0.25) is 0 Å². The minimum atomic E-state index is 1.14. The number of rotatable bonds is 2. The lowest BCUT2D eigenvalue weighted by Crippen LogP contribution is -1.86. The summed E-state index contributed by atoms with van der Waals surface area (Å²) in [5.41, 5.74) is 8.43. The molecular formula is C20H28. The highest BCUT2D eigenvalue weighted by molar-refractivity contribution is 5.30. The van der Waals surface area contributed by atoms with Gasteiger partial charge in [0.2, 0.25) is 0 Å². The largest absolute Gasteiger partial charge is 0.0613 e. The zero-order valence-electron chi connectivity index (χ0n) is 13.9. The van der Waals surface area contributed by atoms with Gasteiger partial charge in [0.25, 0.3) is 0 Å². The summed E-state index contributed by atoms with van der Waals surface area (Å²) in [6.45, 7) is 13.0. The van der Waals surface area contributed by atoms with Gasteiger partial charge in [0.1, 0.15) is 0 Å². The zero-order chi connectivity index (χ0) is 15.1. The molecule has 0 atom stereocenters. The van der Waals surface area contributed by atoms with Crippen LogP contribution in [0.4, 0.5) is 0 Å². The molecule has 2 aromatic rings. The van der Waals surface area contributed by atoms with E-state index in [9.17, 15) is 0 Å². The number of benzene rings is 2. The molecule has 2 aromatic carbocycles. The first-order valence-electron chi connectivity index (χ1n) is 7.59. The van der Waals surface area contributed by atoms with Crippen LogP contribution in [-0.2, 0) is 12.8 Å². The third kappa shape index (κ3) is 5.21. The standard InChI is InChI=1S/2C10H14/c1-4-10-6-8(2)5-9(3)7-10;1-4-10-7-8(2)5-6-9(10)3/h2*5-7H,4H2,1-3H3. The minimum absolute atomic E-state index is 1.14. The van der Waals surface area contributed by atoms with Gasteiger partial charge in [0, 0.05) is 0 Å². The van der Waals surface area contributed by atoms with Crippen LogP contribution in [0.1, 0.15) is 47.2 Å². The maximum absolute atomic E-state index is 2.26. The molecule has 0 radical (unpaired) electrons. The fourth-order valence-electron chi connectivity index (χ4n) is 2.45. The van der Waals surface area contributed by atoms with Gasteiger partial charge in [-0.2, -0.15) is 0 Å². The van der Waals surface area contributed by atoms with Gasteiger partial charge < -0.3 is 0 Å². The first kappa shape index (κ1) is 16.5. The summed E-state index contributed by atoms with van der Waals surface area (Å²) < 4.78 is 0. The second-order valence-corrected chi connectivity index (χ2v) is 5.63. The highest BCUT2D eigenvalue weighted by Gasteiger charge is 1.93. The molecule has 0 saturated carbocycles. The average Bonchev–Trinajstić information content (AvgIpc) is 2.41. The van der Waals surface area contributed by atoms with Crippen molar-refractivity contribution in [1.82, 2.24) is 0 Å². The van der Waals surface area contributed by atoms with Crippen molar-refractivity contribution in [2.75, 3.05) is 0 Å². The molecular weight excluding hydrogens is 240 g/mol. The fraction of sp³-hybridized carbons (Fsp3) is 0.400. The van der Waals surface area contributed by atoms with Crippen molar-refractivity contribution in [3.8, 4) is 0 Å². The Balaban J connectivity index is 0.000000200. The number of aryl methyl sites for hydroxylation is 6. The Bertz CT molecular complexity index is 530. The number of hydrogen-bond donors (Lipinski definition) is 0. The molecule has 0 aliphatic carbocycles. The van der Waals surface area contributed by atoms with Crippen LogP contribution < -0.4 is 0 Å². The van der Waals surface area contributed by atoms with Crippen molar-refractivity contribution in [1.29, 1.82) is 0 Å². The van der Waals surface area contributed by atoms with Crippen molar-refractivity contribution < 1.29 is 0 Å². The average molecular weight is 268 g/mol. The van der Waals surface area contributed by atoms with E-state index in [2.05, 4.69) is 77.9 Å². The third-order valence-corrected chi connectivity index (χ3v) is 3.58. The third-order valence-electron chi connectivity index (χ3n) is 3.58. The van der Waals surface area contributed by atoms with E-state index in [0.29, 0.717) is 0 Å². The monoisotopic (exact) mass is 268 g/mol. The molecule has 0 spiro atoms. The van der Waals surface area contributed by atoms with Crippen molar-refractivity contribution in [2.45, 2.75) is 54.4 Å². The van der Waals surface area contributed by atoms with Gasteiger partial charge in [0.15, 0.2) is 0 Å². The Morgan fingerprint density at radius 1 is 0.650 bits per heavy atom. The zero-order valence-corrected chi connectivity index (χ0v) is 13.9. The molecule has 108 valence electrons. The molecule has 0 aliphatic heterocycles. The van der Waals surface area contributed by atoms with E-state index in [1.807, 2.05) is 0 Å². The summed E-state index contributed by atoms with van der Waals surface area (Å²) in [6, 6.07) is 13.3. The van der Waals surface area contributed by atoms with Crippen LogP contribution in [0.3, 0.4) is 0 Å². The van der Waals surface area contributed by atoms with Gasteiger partial charge in [0.05, 0.1) is 0 Å². The first-order chi connectivity index (χ1) is 9.46. The molecule has 0 unspecified atom stereocenters. The summed E-state index contributed by atoms with van der Waals surface area (Å²) in [7, 11) is 0. The molecule has 2 rings (SSSR count). The van der Waals surface area contributed by atoms with Crippen LogP contribution in [-0.4, -0.2) is 0 Å². The fourth-order valence-corrected chi connectivity index (χ4v) is 2.45. The Hall–Kier alpha value is -1.56. The second kappa shape index (κ2) is 7.89. The van der Waals surface area contributed by atoms with Crippen molar-refractivity contribution in [3.05, 3.63) is 69.8 Å². The maximum atomic E-state index is 2.26. The van der Waals surface area contributed by atoms with Crippen LogP contribution in [0.2, 0.25) is 0 Å². The molecule has 20 heavy (non-hydrogen) atoms. The molecule has 0 heteroatoms. The molecule has 0 aliphatic rings. The summed E-state index contributed by atoms with van der Waals surface area (Å²) >= 11 is 0. The molecule has 0 fully saturated rings. The molecule has 0 N–H and O–H groups in total. The lowest BCUT2D eigenvalue weighted by atomic mass is 10.0. The van der Waals surface area contributed by atoms with E-state index in [-0.39, 0.29) is 0 Å².